The second kappa shape index (κ2) is 6.36. The quantitative estimate of drug-likeness (QED) is 0.798. The number of halogens is 1. The fraction of sp³-hybridized carbons (Fsp3) is 0.429. The van der Waals surface area contributed by atoms with E-state index in [0.29, 0.717) is 5.56 Å². The molecule has 0 aromatic heterocycles. The summed E-state index contributed by atoms with van der Waals surface area (Å²) in [6.45, 7) is 7.38. The van der Waals surface area contributed by atoms with Gasteiger partial charge in [-0.1, -0.05) is 12.1 Å². The van der Waals surface area contributed by atoms with Gasteiger partial charge in [-0.2, -0.15) is 0 Å². The first-order valence-electron chi connectivity index (χ1n) is 6.08. The van der Waals surface area contributed by atoms with E-state index >= 15 is 0 Å². The summed E-state index contributed by atoms with van der Waals surface area (Å²) in [5, 5.41) is 5.54. The predicted octanol–water partition coefficient (Wildman–Crippen LogP) is 2.32. The van der Waals surface area contributed by atoms with Crippen LogP contribution in [0.5, 0.6) is 0 Å². The molecule has 0 unspecified atom stereocenters. The van der Waals surface area contributed by atoms with Crippen molar-refractivity contribution in [2.24, 2.45) is 0 Å². The van der Waals surface area contributed by atoms with Crippen molar-refractivity contribution in [2.75, 3.05) is 0 Å². The largest absolute Gasteiger partial charge is 0.350 e. The van der Waals surface area contributed by atoms with E-state index in [9.17, 15) is 9.59 Å². The highest BCUT2D eigenvalue weighted by molar-refractivity contribution is 14.1. The summed E-state index contributed by atoms with van der Waals surface area (Å²) >= 11 is 2.10. The Balaban J connectivity index is 2.67. The summed E-state index contributed by atoms with van der Waals surface area (Å²) in [5.41, 5.74) is 0.274. The van der Waals surface area contributed by atoms with Gasteiger partial charge in [0.25, 0.3) is 5.91 Å². The Hall–Kier alpha value is -1.11. The lowest BCUT2D eigenvalue weighted by Gasteiger charge is -2.23. The maximum atomic E-state index is 12.1. The standard InChI is InChI=1S/C14H19IN2O2/c1-9(12(18)17-14(2,3)4)16-13(19)10-7-5-6-8-11(10)15/h5-9H,1-4H3,(H,16,19)(H,17,18)/t9-/m0/s1. The molecule has 0 fully saturated rings. The molecule has 0 spiro atoms. The van der Waals surface area contributed by atoms with Crippen molar-refractivity contribution < 1.29 is 9.59 Å². The van der Waals surface area contributed by atoms with Crippen LogP contribution < -0.4 is 10.6 Å². The van der Waals surface area contributed by atoms with Crippen molar-refractivity contribution in [1.29, 1.82) is 0 Å². The Morgan fingerprint density at radius 3 is 2.32 bits per heavy atom. The van der Waals surface area contributed by atoms with Gasteiger partial charge in [0, 0.05) is 9.11 Å². The lowest BCUT2D eigenvalue weighted by molar-refractivity contribution is -0.124. The molecule has 1 aromatic carbocycles. The van der Waals surface area contributed by atoms with Gasteiger partial charge in [-0.05, 0) is 62.4 Å². The summed E-state index contributed by atoms with van der Waals surface area (Å²) in [5.74, 6) is -0.423. The highest BCUT2D eigenvalue weighted by Crippen LogP contribution is 2.11. The SMILES string of the molecule is C[C@H](NC(=O)c1ccccc1I)C(=O)NC(C)(C)C. The monoisotopic (exact) mass is 374 g/mol. The summed E-state index contributed by atoms with van der Waals surface area (Å²) in [4.78, 5) is 23.9. The maximum absolute atomic E-state index is 12.1. The van der Waals surface area contributed by atoms with E-state index < -0.39 is 6.04 Å². The van der Waals surface area contributed by atoms with Gasteiger partial charge in [-0.25, -0.2) is 0 Å². The number of rotatable bonds is 3. The van der Waals surface area contributed by atoms with Crippen LogP contribution in [0.2, 0.25) is 0 Å². The summed E-state index contributed by atoms with van der Waals surface area (Å²) < 4.78 is 0.862. The zero-order chi connectivity index (χ0) is 14.6. The van der Waals surface area contributed by atoms with Crippen LogP contribution >= 0.6 is 22.6 Å². The summed E-state index contributed by atoms with van der Waals surface area (Å²) in [7, 11) is 0. The number of amides is 2. The van der Waals surface area contributed by atoms with Crippen LogP contribution in [-0.4, -0.2) is 23.4 Å². The van der Waals surface area contributed by atoms with Gasteiger partial charge in [-0.15, -0.1) is 0 Å². The molecule has 0 heterocycles. The van der Waals surface area contributed by atoms with Crippen LogP contribution in [0.15, 0.2) is 24.3 Å². The average molecular weight is 374 g/mol. The van der Waals surface area contributed by atoms with E-state index in [1.165, 1.54) is 0 Å². The molecule has 4 nitrogen and oxygen atoms in total. The van der Waals surface area contributed by atoms with Crippen LogP contribution in [0.3, 0.4) is 0 Å². The molecule has 2 amide bonds. The molecule has 0 saturated carbocycles. The second-order valence-corrected chi connectivity index (χ2v) is 6.58. The molecule has 1 atom stereocenters. The Morgan fingerprint density at radius 2 is 1.79 bits per heavy atom. The minimum Gasteiger partial charge on any atom is -0.350 e. The second-order valence-electron chi connectivity index (χ2n) is 5.41. The molecule has 104 valence electrons. The fourth-order valence-corrected chi connectivity index (χ4v) is 2.10. The zero-order valence-electron chi connectivity index (χ0n) is 11.6. The van der Waals surface area contributed by atoms with Crippen LogP contribution in [0, 0.1) is 3.57 Å². The van der Waals surface area contributed by atoms with E-state index in [0.717, 1.165) is 3.57 Å². The van der Waals surface area contributed by atoms with Gasteiger partial charge >= 0.3 is 0 Å². The number of benzene rings is 1. The van der Waals surface area contributed by atoms with Gasteiger partial charge in [0.05, 0.1) is 5.56 Å². The van der Waals surface area contributed by atoms with Crippen LogP contribution in [-0.2, 0) is 4.79 Å². The molecule has 5 heteroatoms. The molecule has 0 bridgehead atoms. The molecule has 1 rings (SSSR count). The van der Waals surface area contributed by atoms with Crippen molar-refractivity contribution >= 4 is 34.4 Å². The molecule has 0 aliphatic carbocycles. The van der Waals surface area contributed by atoms with Crippen molar-refractivity contribution in [3.63, 3.8) is 0 Å². The molecular weight excluding hydrogens is 355 g/mol. The Bertz CT molecular complexity index is 481. The Morgan fingerprint density at radius 1 is 1.21 bits per heavy atom. The number of carbonyl (C=O) groups excluding carboxylic acids is 2. The molecule has 0 radical (unpaired) electrons. The molecule has 2 N–H and O–H groups in total. The number of hydrogen-bond donors (Lipinski definition) is 2. The highest BCUT2D eigenvalue weighted by Gasteiger charge is 2.21. The predicted molar refractivity (Wildman–Crippen MR) is 84.0 cm³/mol. The average Bonchev–Trinajstić information content (AvgIpc) is 2.27. The smallest absolute Gasteiger partial charge is 0.252 e. The zero-order valence-corrected chi connectivity index (χ0v) is 13.7. The topological polar surface area (TPSA) is 58.2 Å². The van der Waals surface area contributed by atoms with E-state index in [1.54, 1.807) is 19.1 Å². The van der Waals surface area contributed by atoms with Crippen LogP contribution in [0.25, 0.3) is 0 Å². The lowest BCUT2D eigenvalue weighted by Crippen LogP contribution is -2.50. The van der Waals surface area contributed by atoms with Gasteiger partial charge in [-0.3, -0.25) is 9.59 Å². The number of hydrogen-bond acceptors (Lipinski definition) is 2. The van der Waals surface area contributed by atoms with Gasteiger partial charge in [0.2, 0.25) is 5.91 Å². The first-order valence-corrected chi connectivity index (χ1v) is 7.16. The van der Waals surface area contributed by atoms with Gasteiger partial charge < -0.3 is 10.6 Å². The van der Waals surface area contributed by atoms with E-state index in [-0.39, 0.29) is 17.4 Å². The van der Waals surface area contributed by atoms with Gasteiger partial charge in [0.15, 0.2) is 0 Å². The molecular formula is C14H19IN2O2. The lowest BCUT2D eigenvalue weighted by atomic mass is 10.1. The van der Waals surface area contributed by atoms with E-state index in [4.69, 9.17) is 0 Å². The number of carbonyl (C=O) groups is 2. The van der Waals surface area contributed by atoms with E-state index in [1.807, 2.05) is 32.9 Å². The molecule has 0 aliphatic rings. The minimum atomic E-state index is -0.567. The molecule has 19 heavy (non-hydrogen) atoms. The highest BCUT2D eigenvalue weighted by atomic mass is 127. The van der Waals surface area contributed by atoms with E-state index in [2.05, 4.69) is 33.2 Å². The minimum absolute atomic E-state index is 0.188. The third kappa shape index (κ3) is 5.18. The van der Waals surface area contributed by atoms with Crippen molar-refractivity contribution in [3.8, 4) is 0 Å². The van der Waals surface area contributed by atoms with Crippen molar-refractivity contribution in [1.82, 2.24) is 10.6 Å². The van der Waals surface area contributed by atoms with Crippen molar-refractivity contribution in [3.05, 3.63) is 33.4 Å². The fourth-order valence-electron chi connectivity index (χ4n) is 1.46. The molecule has 0 aliphatic heterocycles. The first kappa shape index (κ1) is 15.9. The van der Waals surface area contributed by atoms with Gasteiger partial charge in [0.1, 0.15) is 6.04 Å². The third-order valence-corrected chi connectivity index (χ3v) is 3.30. The van der Waals surface area contributed by atoms with Crippen molar-refractivity contribution in [2.45, 2.75) is 39.3 Å². The maximum Gasteiger partial charge on any atom is 0.252 e. The third-order valence-electron chi connectivity index (χ3n) is 2.36. The van der Waals surface area contributed by atoms with Crippen LogP contribution in [0.4, 0.5) is 0 Å². The molecule has 0 saturated heterocycles. The number of nitrogens with one attached hydrogen (secondary N) is 2. The molecule has 1 aromatic rings. The Kier molecular flexibility index (Phi) is 5.34. The summed E-state index contributed by atoms with van der Waals surface area (Å²) in [6.07, 6.45) is 0. The summed E-state index contributed by atoms with van der Waals surface area (Å²) in [6, 6.07) is 6.70. The Labute approximate surface area is 127 Å². The normalized spacial score (nSPS) is 12.7. The van der Waals surface area contributed by atoms with Crippen LogP contribution in [0.1, 0.15) is 38.1 Å². The first-order chi connectivity index (χ1) is 8.70.